The van der Waals surface area contributed by atoms with Crippen LogP contribution in [-0.2, 0) is 14.8 Å². The molecule has 0 spiro atoms. The van der Waals surface area contributed by atoms with Crippen molar-refractivity contribution in [3.8, 4) is 0 Å². The molecule has 3 aromatic rings. The molecule has 4 rings (SSSR count). The van der Waals surface area contributed by atoms with Crippen LogP contribution in [0.5, 0.6) is 0 Å². The van der Waals surface area contributed by atoms with Gasteiger partial charge < -0.3 is 4.74 Å². The number of benzene rings is 2. The zero-order chi connectivity index (χ0) is 24.3. The van der Waals surface area contributed by atoms with Crippen molar-refractivity contribution in [2.75, 3.05) is 64.6 Å². The summed E-state index contributed by atoms with van der Waals surface area (Å²) in [4.78, 5) is 23.7. The Morgan fingerprint density at radius 3 is 2.46 bits per heavy atom. The Balaban J connectivity index is 0.00000342. The SMILES string of the molecule is CSc1cccc2sc(N(CCN3CCOCC3)C(=O)c3ccc(S(=O)(=O)N(C)C)cc3)nc12.Cl. The van der Waals surface area contributed by atoms with E-state index in [2.05, 4.69) is 4.90 Å². The summed E-state index contributed by atoms with van der Waals surface area (Å²) in [5, 5.41) is 0.639. The van der Waals surface area contributed by atoms with Crippen LogP contribution in [0.15, 0.2) is 52.3 Å². The molecule has 1 aromatic heterocycles. The van der Waals surface area contributed by atoms with E-state index in [0.29, 0.717) is 37.0 Å². The van der Waals surface area contributed by atoms with Crippen LogP contribution in [0.2, 0.25) is 0 Å². The van der Waals surface area contributed by atoms with E-state index >= 15 is 0 Å². The Morgan fingerprint density at radius 2 is 1.83 bits per heavy atom. The number of fused-ring (bicyclic) bond motifs is 1. The first kappa shape index (κ1) is 27.9. The topological polar surface area (TPSA) is 83.0 Å². The zero-order valence-corrected chi connectivity index (χ0v) is 23.1. The largest absolute Gasteiger partial charge is 0.379 e. The second-order valence-corrected chi connectivity index (χ2v) is 12.0. The number of carbonyl (C=O) groups is 1. The van der Waals surface area contributed by atoms with Gasteiger partial charge in [-0.2, -0.15) is 0 Å². The summed E-state index contributed by atoms with van der Waals surface area (Å²) in [7, 11) is -0.596. The summed E-state index contributed by atoms with van der Waals surface area (Å²) >= 11 is 3.12. The summed E-state index contributed by atoms with van der Waals surface area (Å²) in [6.45, 7) is 4.21. The van der Waals surface area contributed by atoms with E-state index in [9.17, 15) is 13.2 Å². The quantitative estimate of drug-likeness (QED) is 0.391. The van der Waals surface area contributed by atoms with Gasteiger partial charge in [0.05, 0.1) is 28.3 Å². The number of para-hydroxylation sites is 1. The molecule has 0 unspecified atom stereocenters. The van der Waals surface area contributed by atoms with Gasteiger partial charge in [-0.15, -0.1) is 24.2 Å². The number of anilines is 1. The van der Waals surface area contributed by atoms with Crippen LogP contribution < -0.4 is 4.90 Å². The van der Waals surface area contributed by atoms with Crippen LogP contribution in [0.3, 0.4) is 0 Å². The molecule has 35 heavy (non-hydrogen) atoms. The van der Waals surface area contributed by atoms with Crippen molar-refractivity contribution in [1.82, 2.24) is 14.2 Å². The number of sulfonamides is 1. The van der Waals surface area contributed by atoms with Crippen LogP contribution in [-0.4, -0.2) is 88.3 Å². The van der Waals surface area contributed by atoms with Gasteiger partial charge in [-0.05, 0) is 42.7 Å². The molecule has 1 aliphatic rings. The number of nitrogens with zero attached hydrogens (tertiary/aromatic N) is 4. The van der Waals surface area contributed by atoms with E-state index in [0.717, 1.165) is 32.5 Å². The second kappa shape index (κ2) is 12.0. The van der Waals surface area contributed by atoms with Gasteiger partial charge in [0, 0.05) is 50.7 Å². The third-order valence-corrected chi connectivity index (χ3v) is 9.33. The third-order valence-electron chi connectivity index (χ3n) is 5.69. The number of morpholine rings is 1. The lowest BCUT2D eigenvalue weighted by Gasteiger charge is -2.29. The lowest BCUT2D eigenvalue weighted by molar-refractivity contribution is 0.0391. The summed E-state index contributed by atoms with van der Waals surface area (Å²) in [5.41, 5.74) is 1.32. The fourth-order valence-corrected chi connectivity index (χ4v) is 6.22. The smallest absolute Gasteiger partial charge is 0.260 e. The molecule has 0 atom stereocenters. The van der Waals surface area contributed by atoms with Gasteiger partial charge in [0.1, 0.15) is 0 Å². The molecule has 2 aromatic carbocycles. The minimum atomic E-state index is -3.56. The van der Waals surface area contributed by atoms with Crippen LogP contribution in [0.4, 0.5) is 5.13 Å². The summed E-state index contributed by atoms with van der Waals surface area (Å²) in [6, 6.07) is 12.1. The summed E-state index contributed by atoms with van der Waals surface area (Å²) < 4.78 is 32.4. The van der Waals surface area contributed by atoms with E-state index in [1.807, 2.05) is 24.5 Å². The van der Waals surface area contributed by atoms with Gasteiger partial charge in [-0.1, -0.05) is 17.4 Å². The second-order valence-electron chi connectivity index (χ2n) is 8.03. The minimum Gasteiger partial charge on any atom is -0.379 e. The Morgan fingerprint density at radius 1 is 1.14 bits per heavy atom. The van der Waals surface area contributed by atoms with Gasteiger partial charge >= 0.3 is 0 Å². The van der Waals surface area contributed by atoms with E-state index in [-0.39, 0.29) is 23.2 Å². The van der Waals surface area contributed by atoms with Gasteiger partial charge in [0.25, 0.3) is 5.91 Å². The van der Waals surface area contributed by atoms with E-state index in [4.69, 9.17) is 9.72 Å². The Kier molecular flexibility index (Phi) is 9.55. The maximum absolute atomic E-state index is 13.6. The number of hydrogen-bond donors (Lipinski definition) is 0. The maximum Gasteiger partial charge on any atom is 0.260 e. The molecule has 0 aliphatic carbocycles. The molecule has 1 saturated heterocycles. The van der Waals surface area contributed by atoms with Crippen molar-refractivity contribution in [3.05, 3.63) is 48.0 Å². The van der Waals surface area contributed by atoms with Gasteiger partial charge in [0.2, 0.25) is 10.0 Å². The Hall–Kier alpha value is -1.73. The predicted octanol–water partition coefficient (Wildman–Crippen LogP) is 3.67. The van der Waals surface area contributed by atoms with E-state index in [1.54, 1.807) is 28.8 Å². The average molecular weight is 557 g/mol. The van der Waals surface area contributed by atoms with E-state index in [1.165, 1.54) is 37.6 Å². The summed E-state index contributed by atoms with van der Waals surface area (Å²) in [5.74, 6) is -0.202. The van der Waals surface area contributed by atoms with Crippen LogP contribution in [0, 0.1) is 0 Å². The standard InChI is InChI=1S/C23H28N4O4S3.ClH/c1-25(2)34(29,30)18-9-7-17(8-10-18)22(28)27(12-11-26-13-15-31-16-14-26)23-24-21-19(32-3)5-4-6-20(21)33-23;/h4-10H,11-16H2,1-3H3;1H. The molecule has 8 nitrogen and oxygen atoms in total. The van der Waals surface area contributed by atoms with Gasteiger partial charge in [0.15, 0.2) is 5.13 Å². The molecule has 2 heterocycles. The number of amides is 1. The van der Waals surface area contributed by atoms with Crippen LogP contribution in [0.25, 0.3) is 10.2 Å². The monoisotopic (exact) mass is 556 g/mol. The fourth-order valence-electron chi connectivity index (χ4n) is 3.68. The normalized spacial score (nSPS) is 14.7. The van der Waals surface area contributed by atoms with Crippen molar-refractivity contribution in [2.24, 2.45) is 0 Å². The molecule has 1 aliphatic heterocycles. The zero-order valence-electron chi connectivity index (χ0n) is 19.8. The van der Waals surface area contributed by atoms with Crippen molar-refractivity contribution in [1.29, 1.82) is 0 Å². The lowest BCUT2D eigenvalue weighted by atomic mass is 10.2. The highest BCUT2D eigenvalue weighted by molar-refractivity contribution is 7.98. The number of thioether (sulfide) groups is 1. The van der Waals surface area contributed by atoms with Crippen molar-refractivity contribution < 1.29 is 17.9 Å². The van der Waals surface area contributed by atoms with Crippen LogP contribution >= 0.6 is 35.5 Å². The molecule has 0 saturated carbocycles. The molecule has 0 bridgehead atoms. The van der Waals surface area contributed by atoms with Gasteiger partial charge in [-0.3, -0.25) is 14.6 Å². The van der Waals surface area contributed by atoms with Gasteiger partial charge in [-0.25, -0.2) is 17.7 Å². The molecule has 0 N–H and O–H groups in total. The number of ether oxygens (including phenoxy) is 1. The Bertz CT molecular complexity index is 1260. The highest BCUT2D eigenvalue weighted by Crippen LogP contribution is 2.34. The molecule has 1 amide bonds. The molecule has 1 fully saturated rings. The highest BCUT2D eigenvalue weighted by Gasteiger charge is 2.24. The van der Waals surface area contributed by atoms with E-state index < -0.39 is 10.0 Å². The Labute approximate surface area is 220 Å². The van der Waals surface area contributed by atoms with Crippen molar-refractivity contribution >= 4 is 66.8 Å². The molecule has 12 heteroatoms. The number of thiazole rings is 1. The number of halogens is 1. The number of hydrogen-bond acceptors (Lipinski definition) is 8. The third kappa shape index (κ3) is 6.16. The molecule has 190 valence electrons. The number of carbonyl (C=O) groups excluding carboxylic acids is 1. The first-order valence-corrected chi connectivity index (χ1v) is 14.4. The first-order chi connectivity index (χ1) is 16.3. The highest BCUT2D eigenvalue weighted by atomic mass is 35.5. The maximum atomic E-state index is 13.6. The minimum absolute atomic E-state index is 0. The number of aromatic nitrogens is 1. The van der Waals surface area contributed by atoms with Crippen LogP contribution in [0.1, 0.15) is 10.4 Å². The predicted molar refractivity (Wildman–Crippen MR) is 145 cm³/mol. The summed E-state index contributed by atoms with van der Waals surface area (Å²) in [6.07, 6.45) is 2.01. The molecular formula is C23H29ClN4O4S3. The van der Waals surface area contributed by atoms with Crippen molar-refractivity contribution in [2.45, 2.75) is 9.79 Å². The number of rotatable bonds is 8. The first-order valence-electron chi connectivity index (χ1n) is 10.9. The average Bonchev–Trinajstić information content (AvgIpc) is 3.28. The fraction of sp³-hybridized carbons (Fsp3) is 0.391. The molecule has 0 radical (unpaired) electrons. The van der Waals surface area contributed by atoms with Crippen molar-refractivity contribution in [3.63, 3.8) is 0 Å². The lowest BCUT2D eigenvalue weighted by Crippen LogP contribution is -2.43. The molecular weight excluding hydrogens is 528 g/mol.